The number of hydrogen-bond acceptors (Lipinski definition) is 2. The summed E-state index contributed by atoms with van der Waals surface area (Å²) < 4.78 is 0. The topological polar surface area (TPSA) is 38.0 Å². The number of nitrogens with two attached hydrogens (primary N) is 1. The van der Waals surface area contributed by atoms with Crippen LogP contribution in [-0.2, 0) is 12.2 Å². The van der Waals surface area contributed by atoms with Crippen molar-refractivity contribution in [3.63, 3.8) is 0 Å². The zero-order valence-electron chi connectivity index (χ0n) is 21.4. The Morgan fingerprint density at radius 3 is 1.55 bits per heavy atom. The lowest BCUT2D eigenvalue weighted by Gasteiger charge is -2.32. The SMILES string of the molecule is CCC(N)(NCc1ccc2ccc3cccc4ccc1c2c34)c1ccc2ccc3cccc4ccc1c2c34. The van der Waals surface area contributed by atoms with Crippen LogP contribution in [0.3, 0.4) is 0 Å². The number of hydrogen-bond donors (Lipinski definition) is 2. The molecule has 8 aromatic rings. The van der Waals surface area contributed by atoms with Gasteiger partial charge in [-0.3, -0.25) is 5.32 Å². The van der Waals surface area contributed by atoms with Gasteiger partial charge in [-0.05, 0) is 82.2 Å². The molecule has 2 nitrogen and oxygen atoms in total. The molecule has 0 saturated heterocycles. The second kappa shape index (κ2) is 7.88. The Morgan fingerprint density at radius 2 is 0.974 bits per heavy atom. The first kappa shape index (κ1) is 21.8. The predicted molar refractivity (Wildman–Crippen MR) is 163 cm³/mol. The van der Waals surface area contributed by atoms with Crippen LogP contribution in [0.15, 0.2) is 109 Å². The zero-order chi connectivity index (χ0) is 25.4. The van der Waals surface area contributed by atoms with E-state index in [0.29, 0.717) is 6.54 Å². The third-order valence-corrected chi connectivity index (χ3v) is 8.78. The molecule has 0 amide bonds. The molecule has 0 aliphatic rings. The highest BCUT2D eigenvalue weighted by Crippen LogP contribution is 2.39. The molecule has 8 rings (SSSR count). The van der Waals surface area contributed by atoms with Crippen molar-refractivity contribution in [1.82, 2.24) is 5.32 Å². The molecule has 0 aliphatic carbocycles. The molecule has 1 atom stereocenters. The van der Waals surface area contributed by atoms with Crippen LogP contribution < -0.4 is 11.1 Å². The fourth-order valence-corrected chi connectivity index (χ4v) is 6.74. The van der Waals surface area contributed by atoms with E-state index in [4.69, 9.17) is 5.73 Å². The molecule has 182 valence electrons. The van der Waals surface area contributed by atoms with Gasteiger partial charge in [-0.25, -0.2) is 0 Å². The lowest BCUT2D eigenvalue weighted by Crippen LogP contribution is -2.49. The van der Waals surface area contributed by atoms with Gasteiger partial charge in [0.15, 0.2) is 0 Å². The van der Waals surface area contributed by atoms with E-state index in [0.717, 1.165) is 12.0 Å². The maximum atomic E-state index is 7.24. The molecule has 1 unspecified atom stereocenters. The van der Waals surface area contributed by atoms with E-state index in [-0.39, 0.29) is 0 Å². The van der Waals surface area contributed by atoms with Gasteiger partial charge in [-0.2, -0.15) is 0 Å². The highest BCUT2D eigenvalue weighted by atomic mass is 15.1. The normalized spacial score (nSPS) is 14.1. The van der Waals surface area contributed by atoms with E-state index >= 15 is 0 Å². The van der Waals surface area contributed by atoms with Crippen molar-refractivity contribution >= 4 is 64.6 Å². The van der Waals surface area contributed by atoms with E-state index in [9.17, 15) is 0 Å². The van der Waals surface area contributed by atoms with Crippen LogP contribution in [0.5, 0.6) is 0 Å². The van der Waals surface area contributed by atoms with Crippen molar-refractivity contribution < 1.29 is 0 Å². The molecule has 0 spiro atoms. The molecule has 38 heavy (non-hydrogen) atoms. The lowest BCUT2D eigenvalue weighted by molar-refractivity contribution is 0.333. The summed E-state index contributed by atoms with van der Waals surface area (Å²) in [6.45, 7) is 2.87. The highest BCUT2D eigenvalue weighted by Gasteiger charge is 2.28. The molecule has 0 aromatic heterocycles. The van der Waals surface area contributed by atoms with Crippen LogP contribution >= 0.6 is 0 Å². The van der Waals surface area contributed by atoms with Gasteiger partial charge in [-0.15, -0.1) is 0 Å². The Morgan fingerprint density at radius 1 is 0.526 bits per heavy atom. The fourth-order valence-electron chi connectivity index (χ4n) is 6.74. The number of nitrogens with one attached hydrogen (secondary N) is 1. The van der Waals surface area contributed by atoms with E-state index in [2.05, 4.69) is 121 Å². The minimum atomic E-state index is -0.660. The zero-order valence-corrected chi connectivity index (χ0v) is 21.4. The lowest BCUT2D eigenvalue weighted by atomic mass is 9.86. The molecule has 0 radical (unpaired) electrons. The predicted octanol–water partition coefficient (Wildman–Crippen LogP) is 8.79. The minimum Gasteiger partial charge on any atom is -0.309 e. The van der Waals surface area contributed by atoms with Crippen LogP contribution in [0.1, 0.15) is 24.5 Å². The Balaban J connectivity index is 1.26. The summed E-state index contributed by atoms with van der Waals surface area (Å²) in [4.78, 5) is 0. The van der Waals surface area contributed by atoms with Crippen molar-refractivity contribution in [2.45, 2.75) is 25.6 Å². The molecule has 0 saturated carbocycles. The summed E-state index contributed by atoms with van der Waals surface area (Å²) in [5.41, 5.74) is 9.01. The molecule has 0 heterocycles. The Labute approximate surface area is 221 Å². The number of benzene rings is 8. The van der Waals surface area contributed by atoms with Crippen molar-refractivity contribution in [3.05, 3.63) is 120 Å². The van der Waals surface area contributed by atoms with Gasteiger partial charge in [0.1, 0.15) is 0 Å². The average molecular weight is 489 g/mol. The second-order valence-electron chi connectivity index (χ2n) is 10.7. The first-order valence-electron chi connectivity index (χ1n) is 13.5. The van der Waals surface area contributed by atoms with Gasteiger partial charge in [0.2, 0.25) is 0 Å². The van der Waals surface area contributed by atoms with Gasteiger partial charge in [0.25, 0.3) is 0 Å². The number of rotatable bonds is 5. The molecule has 0 bridgehead atoms. The fraction of sp³-hybridized carbons (Fsp3) is 0.111. The third-order valence-electron chi connectivity index (χ3n) is 8.78. The quantitative estimate of drug-likeness (QED) is 0.188. The summed E-state index contributed by atoms with van der Waals surface area (Å²) >= 11 is 0. The largest absolute Gasteiger partial charge is 0.309 e. The second-order valence-corrected chi connectivity index (χ2v) is 10.7. The monoisotopic (exact) mass is 488 g/mol. The first-order chi connectivity index (χ1) is 18.6. The molecule has 8 aromatic carbocycles. The van der Waals surface area contributed by atoms with Gasteiger partial charge >= 0.3 is 0 Å². The maximum absolute atomic E-state index is 7.24. The molecule has 3 N–H and O–H groups in total. The molecular formula is C36H28N2. The average Bonchev–Trinajstić information content (AvgIpc) is 2.97. The van der Waals surface area contributed by atoms with Gasteiger partial charge in [-0.1, -0.05) is 116 Å². The van der Waals surface area contributed by atoms with Gasteiger partial charge in [0.05, 0.1) is 5.66 Å². The standard InChI is InChI=1S/C36H28N2/c1-2-36(37,31-20-17-27-12-10-23-6-4-8-25-16-19-30(31)35(27)33(23)25)38-21-28-14-13-26-11-9-22-5-3-7-24-15-18-29(28)34(26)32(22)24/h3-20,38H,2,21,37H2,1H3. The van der Waals surface area contributed by atoms with Crippen LogP contribution in [0.4, 0.5) is 0 Å². The smallest absolute Gasteiger partial charge is 0.0930 e. The van der Waals surface area contributed by atoms with Crippen LogP contribution in [-0.4, -0.2) is 0 Å². The minimum absolute atomic E-state index is 0.660. The molecule has 0 fully saturated rings. The van der Waals surface area contributed by atoms with Gasteiger partial charge in [0, 0.05) is 6.54 Å². The summed E-state index contributed by atoms with van der Waals surface area (Å²) in [5, 5.41) is 19.4. The van der Waals surface area contributed by atoms with E-state index in [1.807, 2.05) is 0 Å². The van der Waals surface area contributed by atoms with Crippen molar-refractivity contribution in [2.75, 3.05) is 0 Å². The van der Waals surface area contributed by atoms with Gasteiger partial charge < -0.3 is 5.73 Å². The summed E-state index contributed by atoms with van der Waals surface area (Å²) in [6.07, 6.45) is 0.781. The van der Waals surface area contributed by atoms with Crippen molar-refractivity contribution in [2.24, 2.45) is 5.73 Å². The third kappa shape index (κ3) is 2.96. The first-order valence-corrected chi connectivity index (χ1v) is 13.5. The van der Waals surface area contributed by atoms with Crippen molar-refractivity contribution in [3.8, 4) is 0 Å². The Kier molecular flexibility index (Phi) is 4.52. The summed E-state index contributed by atoms with van der Waals surface area (Å²) in [7, 11) is 0. The van der Waals surface area contributed by atoms with Crippen molar-refractivity contribution in [1.29, 1.82) is 0 Å². The molecule has 0 aliphatic heterocycles. The summed E-state index contributed by atoms with van der Waals surface area (Å²) in [6, 6.07) is 40.1. The summed E-state index contributed by atoms with van der Waals surface area (Å²) in [5.74, 6) is 0. The van der Waals surface area contributed by atoms with E-state index < -0.39 is 5.66 Å². The Hall–Kier alpha value is -4.24. The highest BCUT2D eigenvalue weighted by molar-refractivity contribution is 6.24. The van der Waals surface area contributed by atoms with Crippen LogP contribution in [0.25, 0.3) is 64.6 Å². The van der Waals surface area contributed by atoms with E-state index in [1.54, 1.807) is 0 Å². The van der Waals surface area contributed by atoms with Crippen LogP contribution in [0, 0.1) is 0 Å². The van der Waals surface area contributed by atoms with Crippen LogP contribution in [0.2, 0.25) is 0 Å². The van der Waals surface area contributed by atoms with E-state index in [1.165, 1.54) is 70.2 Å². The molecule has 2 heteroatoms. The Bertz CT molecular complexity index is 2110. The molecular weight excluding hydrogens is 460 g/mol. The maximum Gasteiger partial charge on any atom is 0.0930 e.